The molecule has 2 aromatic rings. The molecule has 5 heteroatoms. The maximum Gasteiger partial charge on any atom is 0.383 e. The summed E-state index contributed by atoms with van der Waals surface area (Å²) in [5.74, 6) is 0.957. The van der Waals surface area contributed by atoms with Crippen LogP contribution < -0.4 is 19.8 Å². The van der Waals surface area contributed by atoms with E-state index in [2.05, 4.69) is 26.8 Å². The highest BCUT2D eigenvalue weighted by atomic mass is 16.5. The molecule has 0 saturated carbocycles. The molecular formula is C24H32O5. The zero-order chi connectivity index (χ0) is 21.6. The Morgan fingerprint density at radius 3 is 2.45 bits per heavy atom. The van der Waals surface area contributed by atoms with Crippen LogP contribution in [-0.2, 0) is 0 Å². The summed E-state index contributed by atoms with van der Waals surface area (Å²) in [7, 11) is 1.51. The Balaban J connectivity index is 2.33. The highest BCUT2D eigenvalue weighted by Gasteiger charge is 2.22. The van der Waals surface area contributed by atoms with Gasteiger partial charge in [-0.1, -0.05) is 23.3 Å². The lowest BCUT2D eigenvalue weighted by Gasteiger charge is -2.23. The highest BCUT2D eigenvalue weighted by molar-refractivity contribution is 5.91. The van der Waals surface area contributed by atoms with Gasteiger partial charge in [-0.15, -0.1) is 0 Å². The molecule has 1 aromatic heterocycles. The maximum atomic E-state index is 12.5. The zero-order valence-corrected chi connectivity index (χ0v) is 18.5. The van der Waals surface area contributed by atoms with Gasteiger partial charge in [0.25, 0.3) is 0 Å². The first-order chi connectivity index (χ1) is 13.6. The lowest BCUT2D eigenvalue weighted by molar-refractivity contribution is 0.132. The Bertz CT molecular complexity index is 954. The van der Waals surface area contributed by atoms with E-state index in [1.165, 1.54) is 18.3 Å². The van der Waals surface area contributed by atoms with Gasteiger partial charge in [-0.2, -0.15) is 0 Å². The summed E-state index contributed by atoms with van der Waals surface area (Å²) in [6.45, 7) is 12.4. The van der Waals surface area contributed by atoms with Crippen molar-refractivity contribution in [1.29, 1.82) is 0 Å². The van der Waals surface area contributed by atoms with Crippen LogP contribution in [-0.4, -0.2) is 19.3 Å². The van der Waals surface area contributed by atoms with Crippen LogP contribution in [0.3, 0.4) is 0 Å². The molecule has 0 amide bonds. The molecule has 2 rings (SSSR count). The summed E-state index contributed by atoms with van der Waals surface area (Å²) in [5, 5.41) is 0.587. The molecule has 0 spiro atoms. The maximum absolute atomic E-state index is 12.5. The number of allylic oxidation sites excluding steroid dienone is 3. The molecule has 0 N–H and O–H groups in total. The molecule has 0 aliphatic heterocycles. The fourth-order valence-corrected chi connectivity index (χ4v) is 2.86. The van der Waals surface area contributed by atoms with E-state index in [4.69, 9.17) is 18.6 Å². The van der Waals surface area contributed by atoms with Crippen LogP contribution in [0, 0.1) is 0 Å². The van der Waals surface area contributed by atoms with Gasteiger partial charge in [-0.05, 0) is 72.6 Å². The molecule has 0 radical (unpaired) electrons. The Morgan fingerprint density at radius 2 is 1.83 bits per heavy atom. The fourth-order valence-electron chi connectivity index (χ4n) is 2.86. The molecule has 1 aromatic carbocycles. The number of rotatable bonds is 8. The van der Waals surface area contributed by atoms with Gasteiger partial charge in [0, 0.05) is 0 Å². The van der Waals surface area contributed by atoms with E-state index in [1.54, 1.807) is 12.1 Å². The topological polar surface area (TPSA) is 57.9 Å². The van der Waals surface area contributed by atoms with E-state index < -0.39 is 11.2 Å². The summed E-state index contributed by atoms with van der Waals surface area (Å²) in [4.78, 5) is 12.5. The number of methoxy groups -OCH3 is 1. The minimum Gasteiger partial charge on any atom is -0.492 e. The third-order valence-electron chi connectivity index (χ3n) is 4.18. The third kappa shape index (κ3) is 6.41. The van der Waals surface area contributed by atoms with Crippen molar-refractivity contribution in [2.24, 2.45) is 0 Å². The lowest BCUT2D eigenvalue weighted by Crippen LogP contribution is -2.23. The van der Waals surface area contributed by atoms with Crippen LogP contribution in [0.15, 0.2) is 50.7 Å². The predicted octanol–water partition coefficient (Wildman–Crippen LogP) is 6.05. The van der Waals surface area contributed by atoms with Crippen molar-refractivity contribution in [1.82, 2.24) is 0 Å². The third-order valence-corrected chi connectivity index (χ3v) is 4.18. The average molecular weight is 401 g/mol. The van der Waals surface area contributed by atoms with Crippen LogP contribution in [0.25, 0.3) is 11.0 Å². The number of hydrogen-bond acceptors (Lipinski definition) is 5. The molecule has 0 aliphatic carbocycles. The van der Waals surface area contributed by atoms with Crippen LogP contribution in [0.4, 0.5) is 0 Å². The minimum absolute atomic E-state index is 0.0540. The van der Waals surface area contributed by atoms with Crippen LogP contribution in [0.2, 0.25) is 0 Å². The van der Waals surface area contributed by atoms with Gasteiger partial charge in [0.15, 0.2) is 5.75 Å². The molecule has 158 valence electrons. The second-order valence-electron chi connectivity index (χ2n) is 8.28. The van der Waals surface area contributed by atoms with Crippen molar-refractivity contribution in [2.75, 3.05) is 13.7 Å². The summed E-state index contributed by atoms with van der Waals surface area (Å²) >= 11 is 0. The van der Waals surface area contributed by atoms with E-state index in [0.717, 1.165) is 12.8 Å². The van der Waals surface area contributed by atoms with E-state index in [-0.39, 0.29) is 12.4 Å². The van der Waals surface area contributed by atoms with Crippen LogP contribution in [0.1, 0.15) is 54.4 Å². The van der Waals surface area contributed by atoms with E-state index >= 15 is 0 Å². The molecule has 0 aliphatic rings. The SMILES string of the molecule is COc1c(OC/C=C(\C)CCC=C(C)C)c(=O)oc2cccc(OC(C)(C)C)c12. The number of benzene rings is 1. The Morgan fingerprint density at radius 1 is 1.10 bits per heavy atom. The first kappa shape index (κ1) is 22.6. The summed E-state index contributed by atoms with van der Waals surface area (Å²) in [5.41, 5.74) is 1.91. The predicted molar refractivity (Wildman–Crippen MR) is 117 cm³/mol. The Labute approximate surface area is 173 Å². The van der Waals surface area contributed by atoms with Crippen molar-refractivity contribution < 1.29 is 18.6 Å². The number of ether oxygens (including phenoxy) is 3. The fraction of sp³-hybridized carbons (Fsp3) is 0.458. The average Bonchev–Trinajstić information content (AvgIpc) is 2.60. The van der Waals surface area contributed by atoms with Crippen molar-refractivity contribution in [2.45, 2.75) is 60.0 Å². The second-order valence-corrected chi connectivity index (χ2v) is 8.28. The molecule has 0 saturated heterocycles. The van der Waals surface area contributed by atoms with Gasteiger partial charge in [0.1, 0.15) is 28.9 Å². The van der Waals surface area contributed by atoms with Crippen LogP contribution in [0.5, 0.6) is 17.2 Å². The molecule has 0 bridgehead atoms. The second kappa shape index (κ2) is 9.68. The molecular weight excluding hydrogens is 368 g/mol. The van der Waals surface area contributed by atoms with Gasteiger partial charge in [0.05, 0.1) is 7.11 Å². The Kier molecular flexibility index (Phi) is 7.54. The standard InChI is InChI=1S/C24H32O5/c1-16(2)10-8-11-17(3)14-15-27-22-21(26-7)20-18(28-23(22)25)12-9-13-19(20)29-24(4,5)6/h9-10,12-14H,8,11,15H2,1-7H3/b17-14+. The molecule has 0 unspecified atom stereocenters. The van der Waals surface area contributed by atoms with Crippen molar-refractivity contribution in [3.05, 3.63) is 51.9 Å². The van der Waals surface area contributed by atoms with Gasteiger partial charge in [-0.3, -0.25) is 0 Å². The largest absolute Gasteiger partial charge is 0.492 e. The van der Waals surface area contributed by atoms with E-state index in [1.807, 2.05) is 32.9 Å². The van der Waals surface area contributed by atoms with E-state index in [0.29, 0.717) is 22.5 Å². The van der Waals surface area contributed by atoms with Gasteiger partial charge in [-0.25, -0.2) is 4.79 Å². The normalized spacial score (nSPS) is 12.0. The van der Waals surface area contributed by atoms with Crippen molar-refractivity contribution >= 4 is 11.0 Å². The lowest BCUT2D eigenvalue weighted by atomic mass is 10.1. The summed E-state index contributed by atoms with van der Waals surface area (Å²) in [6.07, 6.45) is 6.11. The zero-order valence-electron chi connectivity index (χ0n) is 18.5. The molecule has 1 heterocycles. The molecule has 0 atom stereocenters. The monoisotopic (exact) mass is 400 g/mol. The summed E-state index contributed by atoms with van der Waals surface area (Å²) in [6, 6.07) is 5.32. The van der Waals surface area contributed by atoms with Crippen molar-refractivity contribution in [3.63, 3.8) is 0 Å². The smallest absolute Gasteiger partial charge is 0.383 e. The number of hydrogen-bond donors (Lipinski definition) is 0. The Hall–Kier alpha value is -2.69. The number of fused-ring (bicyclic) bond motifs is 1. The molecule has 29 heavy (non-hydrogen) atoms. The van der Waals surface area contributed by atoms with Gasteiger partial charge in [0.2, 0.25) is 5.75 Å². The first-order valence-electron chi connectivity index (χ1n) is 9.87. The molecule has 5 nitrogen and oxygen atoms in total. The summed E-state index contributed by atoms with van der Waals surface area (Å²) < 4.78 is 22.8. The van der Waals surface area contributed by atoms with Crippen LogP contribution >= 0.6 is 0 Å². The molecule has 0 fully saturated rings. The first-order valence-corrected chi connectivity index (χ1v) is 9.87. The minimum atomic E-state index is -0.571. The quantitative estimate of drug-likeness (QED) is 0.399. The van der Waals surface area contributed by atoms with Crippen molar-refractivity contribution in [3.8, 4) is 17.2 Å². The van der Waals surface area contributed by atoms with Gasteiger partial charge >= 0.3 is 5.63 Å². The highest BCUT2D eigenvalue weighted by Crippen LogP contribution is 2.39. The van der Waals surface area contributed by atoms with Gasteiger partial charge < -0.3 is 18.6 Å². The van der Waals surface area contributed by atoms with E-state index in [9.17, 15) is 4.79 Å².